The number of aryl methyl sites for hydroxylation is 1. The molecule has 1 aliphatic heterocycles. The molecule has 7 nitrogen and oxygen atoms in total. The van der Waals surface area contributed by atoms with E-state index >= 15 is 0 Å². The third kappa shape index (κ3) is 3.42. The fourth-order valence-corrected chi connectivity index (χ4v) is 2.92. The van der Waals surface area contributed by atoms with E-state index in [1.807, 2.05) is 6.20 Å². The van der Waals surface area contributed by atoms with Gasteiger partial charge >= 0.3 is 0 Å². The van der Waals surface area contributed by atoms with Crippen molar-refractivity contribution in [3.63, 3.8) is 0 Å². The molecule has 2 aromatic heterocycles. The SMILES string of the molecule is Cc1cn[nH]c1CN1CCC(N(C)Cc2nccc(N)n2)C1. The van der Waals surface area contributed by atoms with Gasteiger partial charge in [-0.15, -0.1) is 0 Å². The van der Waals surface area contributed by atoms with Crippen LogP contribution in [0.25, 0.3) is 0 Å². The summed E-state index contributed by atoms with van der Waals surface area (Å²) in [7, 11) is 2.13. The summed E-state index contributed by atoms with van der Waals surface area (Å²) < 4.78 is 0. The van der Waals surface area contributed by atoms with Crippen LogP contribution in [0.15, 0.2) is 18.5 Å². The van der Waals surface area contributed by atoms with Crippen molar-refractivity contribution in [2.75, 3.05) is 25.9 Å². The van der Waals surface area contributed by atoms with Crippen LogP contribution in [0.5, 0.6) is 0 Å². The topological polar surface area (TPSA) is 87.0 Å². The van der Waals surface area contributed by atoms with E-state index in [0.29, 0.717) is 11.9 Å². The molecule has 1 unspecified atom stereocenters. The number of likely N-dealkylation sites (N-methyl/N-ethyl adjacent to an activating group) is 1. The van der Waals surface area contributed by atoms with Crippen LogP contribution in [0.4, 0.5) is 5.82 Å². The first-order valence-corrected chi connectivity index (χ1v) is 7.60. The van der Waals surface area contributed by atoms with E-state index in [9.17, 15) is 0 Å². The van der Waals surface area contributed by atoms with E-state index in [-0.39, 0.29) is 0 Å². The zero-order valence-corrected chi connectivity index (χ0v) is 13.2. The van der Waals surface area contributed by atoms with Crippen molar-refractivity contribution < 1.29 is 0 Å². The van der Waals surface area contributed by atoms with Crippen molar-refractivity contribution in [2.24, 2.45) is 0 Å². The summed E-state index contributed by atoms with van der Waals surface area (Å²) in [5, 5.41) is 7.17. The predicted octanol–water partition coefficient (Wildman–Crippen LogP) is 0.797. The average molecular weight is 301 g/mol. The number of H-pyrrole nitrogens is 1. The number of aromatic amines is 1. The maximum Gasteiger partial charge on any atom is 0.144 e. The molecule has 22 heavy (non-hydrogen) atoms. The molecule has 1 fully saturated rings. The molecule has 1 aliphatic rings. The zero-order valence-electron chi connectivity index (χ0n) is 13.2. The molecule has 0 spiro atoms. The first-order valence-electron chi connectivity index (χ1n) is 7.60. The summed E-state index contributed by atoms with van der Waals surface area (Å²) in [6.07, 6.45) is 4.76. The molecule has 1 atom stereocenters. The van der Waals surface area contributed by atoms with Crippen LogP contribution in [-0.4, -0.2) is 56.1 Å². The minimum Gasteiger partial charge on any atom is -0.384 e. The van der Waals surface area contributed by atoms with Gasteiger partial charge in [-0.1, -0.05) is 0 Å². The number of nitrogens with one attached hydrogen (secondary N) is 1. The second kappa shape index (κ2) is 6.41. The van der Waals surface area contributed by atoms with Crippen LogP contribution in [0, 0.1) is 6.92 Å². The van der Waals surface area contributed by atoms with Crippen LogP contribution < -0.4 is 5.73 Å². The monoisotopic (exact) mass is 301 g/mol. The predicted molar refractivity (Wildman–Crippen MR) is 84.9 cm³/mol. The maximum absolute atomic E-state index is 5.71. The Balaban J connectivity index is 1.54. The number of hydrogen-bond acceptors (Lipinski definition) is 6. The number of rotatable bonds is 5. The van der Waals surface area contributed by atoms with Crippen LogP contribution in [0.1, 0.15) is 23.5 Å². The van der Waals surface area contributed by atoms with Gasteiger partial charge in [0.05, 0.1) is 18.4 Å². The van der Waals surface area contributed by atoms with E-state index in [0.717, 1.165) is 38.4 Å². The van der Waals surface area contributed by atoms with Crippen molar-refractivity contribution in [1.82, 2.24) is 30.0 Å². The summed E-state index contributed by atoms with van der Waals surface area (Å²) >= 11 is 0. The lowest BCUT2D eigenvalue weighted by molar-refractivity contribution is 0.217. The lowest BCUT2D eigenvalue weighted by Crippen LogP contribution is -2.34. The molecule has 3 N–H and O–H groups in total. The lowest BCUT2D eigenvalue weighted by atomic mass is 10.2. The Hall–Kier alpha value is -1.99. The zero-order chi connectivity index (χ0) is 15.5. The molecule has 0 bridgehead atoms. The highest BCUT2D eigenvalue weighted by atomic mass is 15.3. The molecule has 118 valence electrons. The maximum atomic E-state index is 5.71. The van der Waals surface area contributed by atoms with Gasteiger partial charge in [0.2, 0.25) is 0 Å². The Morgan fingerprint density at radius 1 is 1.50 bits per heavy atom. The Morgan fingerprint density at radius 2 is 2.36 bits per heavy atom. The summed E-state index contributed by atoms with van der Waals surface area (Å²) in [4.78, 5) is 13.3. The molecule has 0 saturated carbocycles. The van der Waals surface area contributed by atoms with Gasteiger partial charge < -0.3 is 5.73 Å². The highest BCUT2D eigenvalue weighted by molar-refractivity contribution is 5.25. The Bertz CT molecular complexity index is 624. The second-order valence-electron chi connectivity index (χ2n) is 6.02. The average Bonchev–Trinajstić information content (AvgIpc) is 3.10. The fourth-order valence-electron chi connectivity index (χ4n) is 2.92. The number of nitrogens with zero attached hydrogens (tertiary/aromatic N) is 5. The normalized spacial score (nSPS) is 19.1. The van der Waals surface area contributed by atoms with Crippen LogP contribution >= 0.6 is 0 Å². The van der Waals surface area contributed by atoms with Crippen molar-refractivity contribution in [2.45, 2.75) is 32.5 Å². The third-order valence-corrected chi connectivity index (χ3v) is 4.30. The van der Waals surface area contributed by atoms with E-state index < -0.39 is 0 Å². The van der Waals surface area contributed by atoms with Gasteiger partial charge in [-0.2, -0.15) is 5.10 Å². The minimum atomic E-state index is 0.522. The molecule has 3 heterocycles. The van der Waals surface area contributed by atoms with Crippen molar-refractivity contribution in [1.29, 1.82) is 0 Å². The quantitative estimate of drug-likeness (QED) is 0.849. The number of anilines is 1. The molecule has 7 heteroatoms. The molecular weight excluding hydrogens is 278 g/mol. The second-order valence-corrected chi connectivity index (χ2v) is 6.02. The van der Waals surface area contributed by atoms with Gasteiger partial charge in [-0.3, -0.25) is 14.9 Å². The largest absolute Gasteiger partial charge is 0.384 e. The Labute approximate surface area is 130 Å². The Kier molecular flexibility index (Phi) is 4.35. The van der Waals surface area contributed by atoms with E-state index in [1.54, 1.807) is 12.3 Å². The van der Waals surface area contributed by atoms with Gasteiger partial charge in [0.15, 0.2) is 0 Å². The number of hydrogen-bond donors (Lipinski definition) is 2. The lowest BCUT2D eigenvalue weighted by Gasteiger charge is -2.24. The van der Waals surface area contributed by atoms with Crippen LogP contribution in [0.3, 0.4) is 0 Å². The number of aromatic nitrogens is 4. The molecule has 3 rings (SSSR count). The number of likely N-dealkylation sites (tertiary alicyclic amines) is 1. The van der Waals surface area contributed by atoms with E-state index in [4.69, 9.17) is 5.73 Å². The fraction of sp³-hybridized carbons (Fsp3) is 0.533. The first-order chi connectivity index (χ1) is 10.6. The van der Waals surface area contributed by atoms with Gasteiger partial charge in [-0.25, -0.2) is 9.97 Å². The van der Waals surface area contributed by atoms with Crippen molar-refractivity contribution >= 4 is 5.82 Å². The summed E-state index contributed by atoms with van der Waals surface area (Å²) in [5.74, 6) is 1.31. The van der Waals surface area contributed by atoms with Gasteiger partial charge in [0, 0.05) is 31.9 Å². The van der Waals surface area contributed by atoms with Crippen LogP contribution in [0.2, 0.25) is 0 Å². The summed E-state index contributed by atoms with van der Waals surface area (Å²) in [6, 6.07) is 2.24. The standard InChI is InChI=1S/C15H23N7/c1-11-7-18-20-13(11)9-22-6-4-12(8-22)21(2)10-15-17-5-3-14(16)19-15/h3,5,7,12H,4,6,8-10H2,1-2H3,(H,18,20)(H2,16,17,19). The first kappa shape index (κ1) is 14.9. The summed E-state index contributed by atoms with van der Waals surface area (Å²) in [6.45, 7) is 5.91. The highest BCUT2D eigenvalue weighted by Crippen LogP contribution is 2.18. The smallest absolute Gasteiger partial charge is 0.144 e. The van der Waals surface area contributed by atoms with E-state index in [1.165, 1.54) is 11.3 Å². The van der Waals surface area contributed by atoms with Crippen molar-refractivity contribution in [3.8, 4) is 0 Å². The minimum absolute atomic E-state index is 0.522. The molecule has 0 aliphatic carbocycles. The van der Waals surface area contributed by atoms with Crippen LogP contribution in [-0.2, 0) is 13.1 Å². The molecular formula is C15H23N7. The molecule has 0 amide bonds. The van der Waals surface area contributed by atoms with Crippen molar-refractivity contribution in [3.05, 3.63) is 35.5 Å². The highest BCUT2D eigenvalue weighted by Gasteiger charge is 2.26. The van der Waals surface area contributed by atoms with Gasteiger partial charge in [0.1, 0.15) is 11.6 Å². The number of nitrogens with two attached hydrogens (primary N) is 1. The third-order valence-electron chi connectivity index (χ3n) is 4.30. The molecule has 1 saturated heterocycles. The van der Waals surface area contributed by atoms with Gasteiger partial charge in [-0.05, 0) is 32.0 Å². The molecule has 0 aromatic carbocycles. The molecule has 2 aromatic rings. The Morgan fingerprint density at radius 3 is 3.09 bits per heavy atom. The van der Waals surface area contributed by atoms with E-state index in [2.05, 4.69) is 43.9 Å². The van der Waals surface area contributed by atoms with Gasteiger partial charge in [0.25, 0.3) is 0 Å². The number of nitrogen functional groups attached to an aromatic ring is 1. The molecule has 0 radical (unpaired) electrons. The summed E-state index contributed by atoms with van der Waals surface area (Å²) in [5.41, 5.74) is 8.15.